The van der Waals surface area contributed by atoms with Gasteiger partial charge in [0.25, 0.3) is 0 Å². The van der Waals surface area contributed by atoms with Crippen LogP contribution in [0.5, 0.6) is 0 Å². The molecule has 0 amide bonds. The molecule has 0 atom stereocenters. The normalized spacial score (nSPS) is 40.6. The molecule has 2 fully saturated rings. The Labute approximate surface area is 79.1 Å². The summed E-state index contributed by atoms with van der Waals surface area (Å²) in [5.41, 5.74) is 4.78. The van der Waals surface area contributed by atoms with E-state index >= 15 is 0 Å². The van der Waals surface area contributed by atoms with Crippen LogP contribution >= 0.6 is 0 Å². The smallest absolute Gasteiger partial charge is 0.123 e. The largest absolute Gasteiger partial charge is 0.328 e. The number of nitrogens with two attached hydrogens (primary N) is 1. The number of nitrogens with one attached hydrogen (secondary N) is 1. The van der Waals surface area contributed by atoms with Crippen LogP contribution < -0.4 is 11.1 Å². The van der Waals surface area contributed by atoms with E-state index in [1.54, 1.807) is 0 Å². The van der Waals surface area contributed by atoms with Crippen LogP contribution in [-0.4, -0.2) is 24.3 Å². The zero-order valence-electron chi connectivity index (χ0n) is 8.06. The summed E-state index contributed by atoms with van der Waals surface area (Å²) in [7, 11) is 0. The van der Waals surface area contributed by atoms with Crippen molar-refractivity contribution >= 4 is 0 Å². The first-order valence-corrected chi connectivity index (χ1v) is 5.36. The first-order valence-electron chi connectivity index (χ1n) is 5.36. The fourth-order valence-corrected chi connectivity index (χ4v) is 1.95. The number of halogens is 1. The van der Waals surface area contributed by atoms with Crippen LogP contribution in [0.25, 0.3) is 0 Å². The predicted octanol–water partition coefficient (Wildman–Crippen LogP) is 1.35. The second-order valence-electron chi connectivity index (χ2n) is 4.64. The number of alkyl halides is 1. The molecule has 0 radical (unpaired) electrons. The minimum Gasteiger partial charge on any atom is -0.328 e. The molecule has 3 N–H and O–H groups in total. The van der Waals surface area contributed by atoms with E-state index in [4.69, 9.17) is 5.73 Å². The molecule has 0 bridgehead atoms. The summed E-state index contributed by atoms with van der Waals surface area (Å²) in [5, 5.41) is 3.27. The van der Waals surface area contributed by atoms with E-state index in [0.29, 0.717) is 25.4 Å². The summed E-state index contributed by atoms with van der Waals surface area (Å²) < 4.78 is 14.0. The summed E-state index contributed by atoms with van der Waals surface area (Å²) in [5.74, 6) is 0. The van der Waals surface area contributed by atoms with Crippen LogP contribution in [0.15, 0.2) is 0 Å². The Hall–Kier alpha value is -0.150. The highest BCUT2D eigenvalue weighted by atomic mass is 19.1. The molecule has 3 heteroatoms. The van der Waals surface area contributed by atoms with Crippen molar-refractivity contribution in [3.8, 4) is 0 Å². The average molecular weight is 186 g/mol. The van der Waals surface area contributed by atoms with E-state index in [1.807, 2.05) is 0 Å². The van der Waals surface area contributed by atoms with Crippen LogP contribution in [-0.2, 0) is 0 Å². The summed E-state index contributed by atoms with van der Waals surface area (Å²) in [6, 6.07) is 0.855. The van der Waals surface area contributed by atoms with Gasteiger partial charge in [0, 0.05) is 18.6 Å². The lowest BCUT2D eigenvalue weighted by Crippen LogP contribution is -2.43. The van der Waals surface area contributed by atoms with Crippen LogP contribution in [0.3, 0.4) is 0 Å². The Morgan fingerprint density at radius 1 is 1.23 bits per heavy atom. The third-order valence-electron chi connectivity index (χ3n) is 3.21. The lowest BCUT2D eigenvalue weighted by atomic mass is 9.84. The molecule has 0 heterocycles. The van der Waals surface area contributed by atoms with E-state index in [1.165, 1.54) is 12.8 Å². The molecule has 2 rings (SSSR count). The standard InChI is InChI=1S/C10H19FN2/c11-10(7-13-9-1-2-9)5-3-8(12)4-6-10/h8-9,13H,1-7,12H2. The second-order valence-corrected chi connectivity index (χ2v) is 4.64. The van der Waals surface area contributed by atoms with Crippen molar-refractivity contribution < 1.29 is 4.39 Å². The monoisotopic (exact) mass is 186 g/mol. The molecule has 0 aromatic rings. The number of hydrogen-bond donors (Lipinski definition) is 2. The minimum absolute atomic E-state index is 0.241. The van der Waals surface area contributed by atoms with Gasteiger partial charge in [0.1, 0.15) is 5.67 Å². The molecule has 2 aliphatic carbocycles. The Morgan fingerprint density at radius 2 is 1.85 bits per heavy atom. The van der Waals surface area contributed by atoms with Gasteiger partial charge in [0.05, 0.1) is 0 Å². The lowest BCUT2D eigenvalue weighted by Gasteiger charge is -2.32. The number of hydrogen-bond acceptors (Lipinski definition) is 2. The van der Waals surface area contributed by atoms with Gasteiger partial charge in [0.2, 0.25) is 0 Å². The average Bonchev–Trinajstić information content (AvgIpc) is 2.91. The summed E-state index contributed by atoms with van der Waals surface area (Å²) in [4.78, 5) is 0. The molecule has 0 spiro atoms. The Balaban J connectivity index is 1.74. The number of rotatable bonds is 3. The van der Waals surface area contributed by atoms with Crippen molar-refractivity contribution in [1.29, 1.82) is 0 Å². The lowest BCUT2D eigenvalue weighted by molar-refractivity contribution is 0.0974. The van der Waals surface area contributed by atoms with Crippen molar-refractivity contribution in [3.63, 3.8) is 0 Å². The Kier molecular flexibility index (Phi) is 2.56. The predicted molar refractivity (Wildman–Crippen MR) is 51.3 cm³/mol. The maximum atomic E-state index is 14.0. The maximum absolute atomic E-state index is 14.0. The summed E-state index contributed by atoms with van der Waals surface area (Å²) in [6.07, 6.45) is 5.46. The summed E-state index contributed by atoms with van der Waals surface area (Å²) >= 11 is 0. The minimum atomic E-state index is -0.960. The van der Waals surface area contributed by atoms with Gasteiger partial charge in [-0.3, -0.25) is 0 Å². The SMILES string of the molecule is NC1CCC(F)(CNC2CC2)CC1. The van der Waals surface area contributed by atoms with Gasteiger partial charge < -0.3 is 11.1 Å². The van der Waals surface area contributed by atoms with Crippen molar-refractivity contribution in [1.82, 2.24) is 5.32 Å². The fraction of sp³-hybridized carbons (Fsp3) is 1.00. The molecule has 76 valence electrons. The van der Waals surface area contributed by atoms with E-state index in [2.05, 4.69) is 5.32 Å². The van der Waals surface area contributed by atoms with Gasteiger partial charge in [0.15, 0.2) is 0 Å². The fourth-order valence-electron chi connectivity index (χ4n) is 1.95. The highest BCUT2D eigenvalue weighted by Gasteiger charge is 2.35. The van der Waals surface area contributed by atoms with Gasteiger partial charge in [-0.1, -0.05) is 0 Å². The first-order chi connectivity index (χ1) is 6.18. The third-order valence-corrected chi connectivity index (χ3v) is 3.21. The molecule has 13 heavy (non-hydrogen) atoms. The zero-order valence-corrected chi connectivity index (χ0v) is 8.06. The van der Waals surface area contributed by atoms with E-state index < -0.39 is 5.67 Å². The van der Waals surface area contributed by atoms with E-state index in [9.17, 15) is 4.39 Å². The van der Waals surface area contributed by atoms with Gasteiger partial charge >= 0.3 is 0 Å². The quantitative estimate of drug-likeness (QED) is 0.698. The topological polar surface area (TPSA) is 38.0 Å². The molecule has 0 aliphatic heterocycles. The highest BCUT2D eigenvalue weighted by Crippen LogP contribution is 2.31. The molecular formula is C10H19FN2. The van der Waals surface area contributed by atoms with Gasteiger partial charge in [-0.05, 0) is 38.5 Å². The van der Waals surface area contributed by atoms with Gasteiger partial charge in [-0.25, -0.2) is 4.39 Å². The Morgan fingerprint density at radius 3 is 2.38 bits per heavy atom. The highest BCUT2D eigenvalue weighted by molar-refractivity contribution is 4.92. The molecule has 0 saturated heterocycles. The molecule has 2 aliphatic rings. The van der Waals surface area contributed by atoms with Crippen LogP contribution in [0.4, 0.5) is 4.39 Å². The zero-order chi connectivity index (χ0) is 9.31. The third kappa shape index (κ3) is 2.64. The maximum Gasteiger partial charge on any atom is 0.123 e. The summed E-state index contributed by atoms with van der Waals surface area (Å²) in [6.45, 7) is 0.546. The Bertz CT molecular complexity index is 172. The van der Waals surface area contributed by atoms with E-state index in [-0.39, 0.29) is 6.04 Å². The first kappa shape index (κ1) is 9.41. The van der Waals surface area contributed by atoms with Crippen LogP contribution in [0.1, 0.15) is 38.5 Å². The molecular weight excluding hydrogens is 167 g/mol. The van der Waals surface area contributed by atoms with Crippen LogP contribution in [0.2, 0.25) is 0 Å². The second kappa shape index (κ2) is 3.54. The van der Waals surface area contributed by atoms with Crippen molar-refractivity contribution in [2.45, 2.75) is 56.3 Å². The van der Waals surface area contributed by atoms with Gasteiger partial charge in [-0.15, -0.1) is 0 Å². The van der Waals surface area contributed by atoms with Gasteiger partial charge in [-0.2, -0.15) is 0 Å². The van der Waals surface area contributed by atoms with Crippen molar-refractivity contribution in [2.24, 2.45) is 5.73 Å². The molecule has 0 aromatic carbocycles. The van der Waals surface area contributed by atoms with E-state index in [0.717, 1.165) is 12.8 Å². The van der Waals surface area contributed by atoms with Crippen LogP contribution in [0, 0.1) is 0 Å². The van der Waals surface area contributed by atoms with Crippen molar-refractivity contribution in [3.05, 3.63) is 0 Å². The molecule has 0 aromatic heterocycles. The molecule has 2 saturated carbocycles. The van der Waals surface area contributed by atoms with Crippen molar-refractivity contribution in [2.75, 3.05) is 6.54 Å². The molecule has 0 unspecified atom stereocenters. The molecule has 2 nitrogen and oxygen atoms in total.